The summed E-state index contributed by atoms with van der Waals surface area (Å²) in [5, 5.41) is 18.5. The number of aliphatic hydroxyl groups is 1. The number of hydrogen-bond donors (Lipinski definition) is 3. The molecule has 1 heterocycles. The lowest BCUT2D eigenvalue weighted by Gasteiger charge is -2.23. The van der Waals surface area contributed by atoms with Crippen molar-refractivity contribution in [2.24, 2.45) is 11.7 Å². The summed E-state index contributed by atoms with van der Waals surface area (Å²) in [5.41, 5.74) is 4.47. The highest BCUT2D eigenvalue weighted by Gasteiger charge is 2.35. The molecule has 0 aromatic rings. The minimum absolute atomic E-state index is 0.232. The summed E-state index contributed by atoms with van der Waals surface area (Å²) in [6.07, 6.45) is 2.63. The highest BCUT2D eigenvalue weighted by atomic mass is 16.4. The smallest absolute Gasteiger partial charge is 0.320 e. The molecule has 0 saturated carbocycles. The van der Waals surface area contributed by atoms with Gasteiger partial charge in [-0.3, -0.25) is 14.5 Å². The van der Waals surface area contributed by atoms with Crippen molar-refractivity contribution in [2.45, 2.75) is 38.8 Å². The van der Waals surface area contributed by atoms with Crippen LogP contribution in [0.15, 0.2) is 12.7 Å². The lowest BCUT2D eigenvalue weighted by atomic mass is 10.1. The number of carboxylic acid groups (broad SMARTS) is 1. The molecule has 19 heavy (non-hydrogen) atoms. The Morgan fingerprint density at radius 3 is 2.47 bits per heavy atom. The van der Waals surface area contributed by atoms with E-state index >= 15 is 0 Å². The number of aliphatic hydroxyl groups excluding tert-OH is 1. The van der Waals surface area contributed by atoms with Gasteiger partial charge in [0.1, 0.15) is 6.04 Å². The predicted molar refractivity (Wildman–Crippen MR) is 72.5 cm³/mol. The number of rotatable bonds is 5. The van der Waals surface area contributed by atoms with Crippen LogP contribution < -0.4 is 5.73 Å². The summed E-state index contributed by atoms with van der Waals surface area (Å²) < 4.78 is 0. The van der Waals surface area contributed by atoms with Gasteiger partial charge in [-0.15, -0.1) is 6.58 Å². The highest BCUT2D eigenvalue weighted by molar-refractivity contribution is 5.74. The van der Waals surface area contributed by atoms with Crippen molar-refractivity contribution in [1.82, 2.24) is 4.90 Å². The standard InChI is InChI=1S/C11H19NO3.C2H5NO/c1-3-8-5-10(11(14)15)12(6-8)7-9(13)4-2;1-2(3)4/h3,8-10,13H,1,4-7H2,2H3,(H,14,15);1H3,(H2,3,4)/t8-,9?,10-;/m1./s1. The van der Waals surface area contributed by atoms with Gasteiger partial charge < -0.3 is 15.9 Å². The Bertz CT molecular complexity index is 316. The van der Waals surface area contributed by atoms with E-state index in [1.807, 2.05) is 11.8 Å². The van der Waals surface area contributed by atoms with Gasteiger partial charge in [0.25, 0.3) is 0 Å². The van der Waals surface area contributed by atoms with Crippen LogP contribution in [0.25, 0.3) is 0 Å². The topological polar surface area (TPSA) is 104 Å². The third-order valence-corrected chi connectivity index (χ3v) is 2.97. The highest BCUT2D eigenvalue weighted by Crippen LogP contribution is 2.24. The van der Waals surface area contributed by atoms with E-state index in [0.29, 0.717) is 25.9 Å². The molecule has 0 radical (unpaired) electrons. The number of nitrogens with zero attached hydrogens (tertiary/aromatic N) is 1. The molecule has 6 nitrogen and oxygen atoms in total. The van der Waals surface area contributed by atoms with Crippen LogP contribution in [0.1, 0.15) is 26.7 Å². The number of aliphatic carboxylic acids is 1. The van der Waals surface area contributed by atoms with Gasteiger partial charge in [0.05, 0.1) is 6.10 Å². The molecule has 1 rings (SSSR count). The van der Waals surface area contributed by atoms with Crippen LogP contribution in [-0.2, 0) is 9.59 Å². The van der Waals surface area contributed by atoms with Gasteiger partial charge in [-0.25, -0.2) is 0 Å². The van der Waals surface area contributed by atoms with Crippen LogP contribution in [-0.4, -0.2) is 52.2 Å². The Labute approximate surface area is 113 Å². The summed E-state index contributed by atoms with van der Waals surface area (Å²) in [6, 6.07) is -0.464. The fourth-order valence-electron chi connectivity index (χ4n) is 1.97. The molecular formula is C13H24N2O4. The first kappa shape index (κ1) is 17.6. The second-order valence-corrected chi connectivity index (χ2v) is 4.71. The molecule has 1 fully saturated rings. The first-order valence-corrected chi connectivity index (χ1v) is 6.35. The number of β-amino-alcohol motifs (C(OH)–C–C–N with tert-alkyl or cyclic N) is 1. The molecular weight excluding hydrogens is 248 g/mol. The minimum Gasteiger partial charge on any atom is -0.480 e. The van der Waals surface area contributed by atoms with Crippen molar-refractivity contribution in [3.8, 4) is 0 Å². The lowest BCUT2D eigenvalue weighted by Crippen LogP contribution is -2.40. The molecule has 0 spiro atoms. The quantitative estimate of drug-likeness (QED) is 0.621. The predicted octanol–water partition coefficient (Wildman–Crippen LogP) is 0.210. The number of primary amides is 1. The van der Waals surface area contributed by atoms with Gasteiger partial charge in [0, 0.05) is 20.0 Å². The Morgan fingerprint density at radius 1 is 1.58 bits per heavy atom. The van der Waals surface area contributed by atoms with Crippen LogP contribution >= 0.6 is 0 Å². The second-order valence-electron chi connectivity index (χ2n) is 4.71. The zero-order chi connectivity index (χ0) is 15.0. The molecule has 110 valence electrons. The van der Waals surface area contributed by atoms with E-state index in [1.54, 1.807) is 6.08 Å². The molecule has 1 saturated heterocycles. The van der Waals surface area contributed by atoms with Crippen LogP contribution in [0.4, 0.5) is 0 Å². The molecule has 0 bridgehead atoms. The van der Waals surface area contributed by atoms with Crippen LogP contribution in [0.2, 0.25) is 0 Å². The van der Waals surface area contributed by atoms with E-state index in [9.17, 15) is 14.7 Å². The maximum absolute atomic E-state index is 11.0. The fourth-order valence-corrected chi connectivity index (χ4v) is 1.97. The molecule has 6 heteroatoms. The summed E-state index contributed by atoms with van der Waals surface area (Å²) >= 11 is 0. The average molecular weight is 272 g/mol. The average Bonchev–Trinajstić information content (AvgIpc) is 2.71. The van der Waals surface area contributed by atoms with Crippen molar-refractivity contribution in [1.29, 1.82) is 0 Å². The molecule has 3 atom stereocenters. The van der Waals surface area contributed by atoms with E-state index in [4.69, 9.17) is 5.11 Å². The normalized spacial score (nSPS) is 24.2. The van der Waals surface area contributed by atoms with E-state index in [2.05, 4.69) is 12.3 Å². The first-order valence-electron chi connectivity index (χ1n) is 6.35. The van der Waals surface area contributed by atoms with Crippen LogP contribution in [0.3, 0.4) is 0 Å². The van der Waals surface area contributed by atoms with Gasteiger partial charge in [-0.1, -0.05) is 13.0 Å². The van der Waals surface area contributed by atoms with E-state index in [0.717, 1.165) is 0 Å². The number of carbonyl (C=O) groups is 2. The van der Waals surface area contributed by atoms with Gasteiger partial charge >= 0.3 is 5.97 Å². The number of hydrogen-bond acceptors (Lipinski definition) is 4. The third-order valence-electron chi connectivity index (χ3n) is 2.97. The Kier molecular flexibility index (Phi) is 8.02. The third kappa shape index (κ3) is 6.93. The summed E-state index contributed by atoms with van der Waals surface area (Å²) in [4.78, 5) is 22.0. The monoisotopic (exact) mass is 272 g/mol. The number of carboxylic acids is 1. The molecule has 1 aliphatic rings. The van der Waals surface area contributed by atoms with Crippen LogP contribution in [0, 0.1) is 5.92 Å². The number of likely N-dealkylation sites (tertiary alicyclic amines) is 1. The Hall–Kier alpha value is -1.40. The summed E-state index contributed by atoms with van der Waals surface area (Å²) in [5.74, 6) is -0.905. The fraction of sp³-hybridized carbons (Fsp3) is 0.692. The van der Waals surface area contributed by atoms with Crippen molar-refractivity contribution < 1.29 is 19.8 Å². The number of carbonyl (C=O) groups excluding carboxylic acids is 1. The first-order chi connectivity index (χ1) is 8.81. The van der Waals surface area contributed by atoms with Gasteiger partial charge in [-0.2, -0.15) is 0 Å². The molecule has 0 aromatic heterocycles. The molecule has 0 aliphatic carbocycles. The van der Waals surface area contributed by atoms with Gasteiger partial charge in [0.15, 0.2) is 0 Å². The summed E-state index contributed by atoms with van der Waals surface area (Å²) in [7, 11) is 0. The largest absolute Gasteiger partial charge is 0.480 e. The molecule has 1 amide bonds. The second kappa shape index (κ2) is 8.66. The van der Waals surface area contributed by atoms with Crippen molar-refractivity contribution in [2.75, 3.05) is 13.1 Å². The molecule has 1 aliphatic heterocycles. The van der Waals surface area contributed by atoms with E-state index in [1.165, 1.54) is 6.92 Å². The molecule has 4 N–H and O–H groups in total. The van der Waals surface area contributed by atoms with Crippen molar-refractivity contribution in [3.63, 3.8) is 0 Å². The zero-order valence-corrected chi connectivity index (χ0v) is 11.6. The minimum atomic E-state index is -0.803. The molecule has 0 aromatic carbocycles. The molecule has 1 unspecified atom stereocenters. The van der Waals surface area contributed by atoms with E-state index in [-0.39, 0.29) is 11.8 Å². The maximum atomic E-state index is 11.0. The van der Waals surface area contributed by atoms with Crippen molar-refractivity contribution >= 4 is 11.9 Å². The number of nitrogens with two attached hydrogens (primary N) is 1. The Balaban J connectivity index is 0.000000711. The van der Waals surface area contributed by atoms with Gasteiger partial charge in [0.2, 0.25) is 5.91 Å². The van der Waals surface area contributed by atoms with Crippen molar-refractivity contribution in [3.05, 3.63) is 12.7 Å². The summed E-state index contributed by atoms with van der Waals surface area (Å²) in [6.45, 7) is 8.02. The Morgan fingerprint density at radius 2 is 2.11 bits per heavy atom. The zero-order valence-electron chi connectivity index (χ0n) is 11.6. The van der Waals surface area contributed by atoms with E-state index < -0.39 is 18.1 Å². The SMILES string of the molecule is C=C[C@@H]1C[C@H](C(=O)O)N(CC(O)CC)C1.CC(N)=O. The number of amides is 1. The van der Waals surface area contributed by atoms with Gasteiger partial charge in [-0.05, 0) is 18.8 Å². The maximum Gasteiger partial charge on any atom is 0.320 e. The lowest BCUT2D eigenvalue weighted by molar-refractivity contribution is -0.142. The van der Waals surface area contributed by atoms with Crippen LogP contribution in [0.5, 0.6) is 0 Å².